The van der Waals surface area contributed by atoms with Crippen LogP contribution in [0.2, 0.25) is 10.0 Å². The van der Waals surface area contributed by atoms with Crippen molar-refractivity contribution in [2.45, 2.75) is 39.7 Å². The van der Waals surface area contributed by atoms with E-state index in [2.05, 4.69) is 31.4 Å². The molecule has 1 saturated heterocycles. The molecule has 2 fully saturated rings. The fourth-order valence-electron chi connectivity index (χ4n) is 4.35. The molecule has 22 heavy (non-hydrogen) atoms. The van der Waals surface area contributed by atoms with E-state index in [9.17, 15) is 0 Å². The summed E-state index contributed by atoms with van der Waals surface area (Å²) in [7, 11) is 0. The van der Waals surface area contributed by atoms with Crippen LogP contribution in [0.15, 0.2) is 18.2 Å². The van der Waals surface area contributed by atoms with E-state index in [4.69, 9.17) is 23.2 Å². The van der Waals surface area contributed by atoms with Crippen LogP contribution in [0.1, 0.15) is 33.6 Å². The van der Waals surface area contributed by atoms with Crippen molar-refractivity contribution in [3.8, 4) is 0 Å². The number of halogens is 2. The third-order valence-corrected chi connectivity index (χ3v) is 6.24. The van der Waals surface area contributed by atoms with Crippen molar-refractivity contribution in [3.63, 3.8) is 0 Å². The average molecular weight is 341 g/mol. The highest BCUT2D eigenvalue weighted by molar-refractivity contribution is 6.42. The zero-order valence-electron chi connectivity index (χ0n) is 13.6. The van der Waals surface area contributed by atoms with Gasteiger partial charge in [-0.25, -0.2) is 0 Å². The maximum absolute atomic E-state index is 6.14. The van der Waals surface area contributed by atoms with E-state index in [1.54, 1.807) is 0 Å². The van der Waals surface area contributed by atoms with Gasteiger partial charge in [-0.15, -0.1) is 0 Å². The highest BCUT2D eigenvalue weighted by atomic mass is 35.5. The molecular formula is C18H26Cl2N2. The lowest BCUT2D eigenvalue weighted by atomic mass is 9.77. The summed E-state index contributed by atoms with van der Waals surface area (Å²) in [5.74, 6) is 2.30. The number of nitrogens with one attached hydrogen (secondary N) is 2. The Hall–Kier alpha value is -0.440. The van der Waals surface area contributed by atoms with Gasteiger partial charge in [0.2, 0.25) is 0 Å². The summed E-state index contributed by atoms with van der Waals surface area (Å²) in [6.07, 6.45) is 2.67. The molecule has 0 aromatic heterocycles. The summed E-state index contributed by atoms with van der Waals surface area (Å²) in [5, 5.41) is 8.48. The van der Waals surface area contributed by atoms with E-state index in [0.717, 1.165) is 17.5 Å². The van der Waals surface area contributed by atoms with Crippen LogP contribution < -0.4 is 10.6 Å². The van der Waals surface area contributed by atoms with Gasteiger partial charge < -0.3 is 10.6 Å². The number of hydrogen-bond donors (Lipinski definition) is 2. The number of hydrogen-bond acceptors (Lipinski definition) is 2. The lowest BCUT2D eigenvalue weighted by Crippen LogP contribution is -2.37. The minimum atomic E-state index is 0.435. The van der Waals surface area contributed by atoms with E-state index in [0.29, 0.717) is 27.4 Å². The molecule has 1 heterocycles. The van der Waals surface area contributed by atoms with Crippen LogP contribution in [0, 0.1) is 23.2 Å². The summed E-state index contributed by atoms with van der Waals surface area (Å²) in [4.78, 5) is 0. The third kappa shape index (κ3) is 3.11. The van der Waals surface area contributed by atoms with Crippen molar-refractivity contribution in [3.05, 3.63) is 28.2 Å². The molecule has 4 heteroatoms. The molecule has 1 aromatic carbocycles. The average Bonchev–Trinajstić information content (AvgIpc) is 3.01. The summed E-state index contributed by atoms with van der Waals surface area (Å²) in [6.45, 7) is 9.36. The second kappa shape index (κ2) is 6.22. The lowest BCUT2D eigenvalue weighted by Gasteiger charge is -2.34. The second-order valence-corrected chi connectivity index (χ2v) is 8.38. The summed E-state index contributed by atoms with van der Waals surface area (Å²) in [5.41, 5.74) is 1.59. The van der Waals surface area contributed by atoms with Gasteiger partial charge in [-0.2, -0.15) is 0 Å². The molecule has 1 aliphatic carbocycles. The van der Waals surface area contributed by atoms with Crippen LogP contribution in [0.5, 0.6) is 0 Å². The van der Waals surface area contributed by atoms with E-state index < -0.39 is 0 Å². The van der Waals surface area contributed by atoms with Gasteiger partial charge in [0.15, 0.2) is 0 Å². The number of piperidine rings is 1. The molecule has 0 bridgehead atoms. The zero-order chi connectivity index (χ0) is 15.9. The Balaban J connectivity index is 1.74. The normalized spacial score (nSPS) is 29.3. The Kier molecular flexibility index (Phi) is 4.64. The van der Waals surface area contributed by atoms with E-state index in [1.807, 2.05) is 18.2 Å². The van der Waals surface area contributed by atoms with Gasteiger partial charge in [0.25, 0.3) is 0 Å². The van der Waals surface area contributed by atoms with Gasteiger partial charge >= 0.3 is 0 Å². The fourth-order valence-corrected chi connectivity index (χ4v) is 4.65. The van der Waals surface area contributed by atoms with Crippen LogP contribution in [0.25, 0.3) is 0 Å². The first-order valence-electron chi connectivity index (χ1n) is 8.34. The number of fused-ring (bicyclic) bond motifs is 1. The standard InChI is InChI=1S/C18H26Cl2N2/c1-11(2)6-15(18-8-13(18)9-21-10-18)12(3)22-14-4-5-16(19)17(20)7-14/h4-5,7,11-13,15,21-22H,6,8-10H2,1-3H3/t12-,13+,15+,18-/m0/s1. The van der Waals surface area contributed by atoms with Crippen molar-refractivity contribution in [1.82, 2.24) is 5.32 Å². The van der Waals surface area contributed by atoms with Crippen LogP contribution in [-0.4, -0.2) is 19.1 Å². The third-order valence-electron chi connectivity index (χ3n) is 5.51. The van der Waals surface area contributed by atoms with Crippen LogP contribution in [0.3, 0.4) is 0 Å². The van der Waals surface area contributed by atoms with Crippen molar-refractivity contribution in [1.29, 1.82) is 0 Å². The first kappa shape index (κ1) is 16.4. The van der Waals surface area contributed by atoms with Crippen molar-refractivity contribution >= 4 is 28.9 Å². The van der Waals surface area contributed by atoms with Gasteiger partial charge in [0.1, 0.15) is 0 Å². The lowest BCUT2D eigenvalue weighted by molar-refractivity contribution is 0.236. The Labute approximate surface area is 144 Å². The van der Waals surface area contributed by atoms with Crippen LogP contribution in [0.4, 0.5) is 5.69 Å². The molecular weight excluding hydrogens is 315 g/mol. The molecule has 3 rings (SSSR count). The number of anilines is 1. The summed E-state index contributed by atoms with van der Waals surface area (Å²) < 4.78 is 0. The Morgan fingerprint density at radius 3 is 2.59 bits per heavy atom. The van der Waals surface area contributed by atoms with Crippen molar-refractivity contribution in [2.24, 2.45) is 23.2 Å². The maximum Gasteiger partial charge on any atom is 0.0612 e. The Bertz CT molecular complexity index is 546. The molecule has 4 atom stereocenters. The monoisotopic (exact) mass is 340 g/mol. The molecule has 0 spiro atoms. The predicted octanol–water partition coefficient (Wildman–Crippen LogP) is 5.07. The minimum absolute atomic E-state index is 0.435. The highest BCUT2D eigenvalue weighted by Crippen LogP contribution is 2.62. The van der Waals surface area contributed by atoms with Gasteiger partial charge in [-0.3, -0.25) is 0 Å². The SMILES string of the molecule is CC(C)C[C@H]([C@H](C)Nc1ccc(Cl)c(Cl)c1)[C@@]12CNC[C@H]1C2. The largest absolute Gasteiger partial charge is 0.382 e. The topological polar surface area (TPSA) is 24.1 Å². The predicted molar refractivity (Wildman–Crippen MR) is 95.9 cm³/mol. The number of rotatable bonds is 6. The molecule has 1 saturated carbocycles. The first-order valence-corrected chi connectivity index (χ1v) is 9.10. The molecule has 0 unspecified atom stereocenters. The molecule has 0 amide bonds. The molecule has 0 radical (unpaired) electrons. The van der Waals surface area contributed by atoms with Crippen LogP contribution in [-0.2, 0) is 0 Å². The molecule has 2 aliphatic rings. The van der Waals surface area contributed by atoms with Gasteiger partial charge in [0.05, 0.1) is 10.0 Å². The van der Waals surface area contributed by atoms with Gasteiger partial charge in [-0.05, 0) is 67.7 Å². The quantitative estimate of drug-likeness (QED) is 0.755. The highest BCUT2D eigenvalue weighted by Gasteiger charge is 2.61. The molecule has 122 valence electrons. The smallest absolute Gasteiger partial charge is 0.0612 e. The number of benzene rings is 1. The molecule has 2 N–H and O–H groups in total. The van der Waals surface area contributed by atoms with E-state index in [-0.39, 0.29) is 0 Å². The fraction of sp³-hybridized carbons (Fsp3) is 0.667. The summed E-state index contributed by atoms with van der Waals surface area (Å²) in [6, 6.07) is 6.25. The molecule has 1 aliphatic heterocycles. The second-order valence-electron chi connectivity index (χ2n) is 7.56. The van der Waals surface area contributed by atoms with Gasteiger partial charge in [-0.1, -0.05) is 37.0 Å². The van der Waals surface area contributed by atoms with Gasteiger partial charge in [0, 0.05) is 18.3 Å². The zero-order valence-corrected chi connectivity index (χ0v) is 15.1. The van der Waals surface area contributed by atoms with Crippen molar-refractivity contribution < 1.29 is 0 Å². The van der Waals surface area contributed by atoms with Crippen molar-refractivity contribution in [2.75, 3.05) is 18.4 Å². The Morgan fingerprint density at radius 2 is 2.05 bits per heavy atom. The van der Waals surface area contributed by atoms with Crippen LogP contribution >= 0.6 is 23.2 Å². The minimum Gasteiger partial charge on any atom is -0.382 e. The Morgan fingerprint density at radius 1 is 1.27 bits per heavy atom. The first-order chi connectivity index (χ1) is 10.4. The van der Waals surface area contributed by atoms with E-state index >= 15 is 0 Å². The summed E-state index contributed by atoms with van der Waals surface area (Å²) >= 11 is 12.2. The molecule has 1 aromatic rings. The van der Waals surface area contributed by atoms with E-state index in [1.165, 1.54) is 25.9 Å². The maximum atomic E-state index is 6.14. The molecule has 2 nitrogen and oxygen atoms in total.